The third-order valence-corrected chi connectivity index (χ3v) is 6.48. The van der Waals surface area contributed by atoms with Gasteiger partial charge < -0.3 is 0 Å². The summed E-state index contributed by atoms with van der Waals surface area (Å²) in [7, 11) is 0. The smallest absolute Gasteiger partial charge is 0.0723 e. The molecule has 0 heterocycles. The highest BCUT2D eigenvalue weighted by molar-refractivity contribution is 7.81. The van der Waals surface area contributed by atoms with E-state index in [0.717, 1.165) is 41.8 Å². The quantitative estimate of drug-likeness (QED) is 0.184. The van der Waals surface area contributed by atoms with Crippen molar-refractivity contribution in [3.8, 4) is 0 Å². The van der Waals surface area contributed by atoms with Gasteiger partial charge in [-0.15, -0.1) is 50.5 Å². The van der Waals surface area contributed by atoms with E-state index < -0.39 is 5.41 Å². The summed E-state index contributed by atoms with van der Waals surface area (Å²) in [6, 6.07) is 33.3. The Balaban J connectivity index is 2.20. The van der Waals surface area contributed by atoms with Crippen LogP contribution in [0.25, 0.3) is 0 Å². The van der Waals surface area contributed by atoms with Crippen LogP contribution in [-0.4, -0.2) is 0 Å². The van der Waals surface area contributed by atoms with Gasteiger partial charge in [-0.3, -0.25) is 0 Å². The Morgan fingerprint density at radius 2 is 0.828 bits per heavy atom. The van der Waals surface area contributed by atoms with E-state index in [1.54, 1.807) is 0 Å². The van der Waals surface area contributed by atoms with Crippen molar-refractivity contribution in [3.05, 3.63) is 119 Å². The molecule has 0 fully saturated rings. The predicted molar refractivity (Wildman–Crippen MR) is 134 cm³/mol. The monoisotopic (exact) mass is 448 g/mol. The zero-order valence-corrected chi connectivity index (χ0v) is 19.1. The fourth-order valence-electron chi connectivity index (χ4n) is 3.98. The predicted octanol–water partition coefficient (Wildman–Crippen LogP) is 7.22. The molecule has 0 saturated heterocycles. The lowest BCUT2D eigenvalue weighted by Crippen LogP contribution is -2.32. The minimum atomic E-state index is -0.584. The van der Waals surface area contributed by atoms with Crippen LogP contribution < -0.4 is 0 Å². The number of thiol groups is 4. The molecule has 0 aliphatic rings. The van der Waals surface area contributed by atoms with Crippen LogP contribution in [0.2, 0.25) is 0 Å². The summed E-state index contributed by atoms with van der Waals surface area (Å²) in [5, 5.41) is 0. The van der Waals surface area contributed by atoms with E-state index in [1.807, 2.05) is 36.4 Å². The van der Waals surface area contributed by atoms with Crippen molar-refractivity contribution in [3.63, 3.8) is 0 Å². The Kier molecular flexibility index (Phi) is 6.07. The van der Waals surface area contributed by atoms with Crippen molar-refractivity contribution in [1.29, 1.82) is 0 Å². The van der Waals surface area contributed by atoms with Crippen molar-refractivity contribution in [2.24, 2.45) is 0 Å². The summed E-state index contributed by atoms with van der Waals surface area (Å²) in [4.78, 5) is 3.52. The first kappa shape index (κ1) is 20.5. The van der Waals surface area contributed by atoms with Crippen molar-refractivity contribution in [2.45, 2.75) is 25.0 Å². The highest BCUT2D eigenvalue weighted by atomic mass is 32.1. The Labute approximate surface area is 194 Å². The zero-order chi connectivity index (χ0) is 20.4. The van der Waals surface area contributed by atoms with Gasteiger partial charge in [-0.25, -0.2) is 0 Å². The molecule has 0 amide bonds. The van der Waals surface area contributed by atoms with Gasteiger partial charge in [0.2, 0.25) is 0 Å². The maximum Gasteiger partial charge on any atom is 0.0723 e. The molecule has 0 bridgehead atoms. The van der Waals surface area contributed by atoms with Gasteiger partial charge in [0.25, 0.3) is 0 Å². The van der Waals surface area contributed by atoms with Crippen molar-refractivity contribution >= 4 is 50.5 Å². The fraction of sp³-hybridized carbons (Fsp3) is 0.0400. The van der Waals surface area contributed by atoms with Gasteiger partial charge in [-0.2, -0.15) is 0 Å². The van der Waals surface area contributed by atoms with Gasteiger partial charge in [-0.1, -0.05) is 72.8 Å². The largest absolute Gasteiger partial charge is 0.143 e. The topological polar surface area (TPSA) is 0 Å². The van der Waals surface area contributed by atoms with Gasteiger partial charge in [0.15, 0.2) is 0 Å². The Morgan fingerprint density at radius 1 is 0.448 bits per heavy atom. The Morgan fingerprint density at radius 3 is 1.17 bits per heavy atom. The lowest BCUT2D eigenvalue weighted by Gasteiger charge is -2.38. The molecule has 0 saturated carbocycles. The first-order chi connectivity index (χ1) is 14.0. The average Bonchev–Trinajstić information content (AvgIpc) is 2.72. The SMILES string of the molecule is Sc1ccc(C(c2ccccc2)(c2ccccc2)c2ccc(S)cc2S)c(S)c1. The molecular formula is C25H20S4. The van der Waals surface area contributed by atoms with E-state index in [0.29, 0.717) is 0 Å². The average molecular weight is 449 g/mol. The van der Waals surface area contributed by atoms with Crippen LogP contribution in [0, 0.1) is 0 Å². The molecule has 0 spiro atoms. The zero-order valence-electron chi connectivity index (χ0n) is 15.5. The highest BCUT2D eigenvalue weighted by Gasteiger charge is 2.40. The summed E-state index contributed by atoms with van der Waals surface area (Å²) in [5.74, 6) is 0. The minimum absolute atomic E-state index is 0.584. The van der Waals surface area contributed by atoms with Crippen LogP contribution >= 0.6 is 50.5 Å². The maximum atomic E-state index is 4.88. The normalized spacial score (nSPS) is 11.4. The lowest BCUT2D eigenvalue weighted by atomic mass is 9.65. The third kappa shape index (κ3) is 3.75. The summed E-state index contributed by atoms with van der Waals surface area (Å²) >= 11 is 18.8. The van der Waals surface area contributed by atoms with E-state index in [-0.39, 0.29) is 0 Å². The van der Waals surface area contributed by atoms with Gasteiger partial charge in [-0.05, 0) is 46.5 Å². The number of rotatable bonds is 4. The first-order valence-corrected chi connectivity index (χ1v) is 11.0. The number of hydrogen-bond donors (Lipinski definition) is 4. The van der Waals surface area contributed by atoms with Gasteiger partial charge >= 0.3 is 0 Å². The summed E-state index contributed by atoms with van der Waals surface area (Å²) in [5.41, 5.74) is 3.88. The molecule has 0 atom stereocenters. The lowest BCUT2D eigenvalue weighted by molar-refractivity contribution is 0.709. The number of benzene rings is 4. The van der Waals surface area contributed by atoms with Crippen LogP contribution in [0.3, 0.4) is 0 Å². The second-order valence-corrected chi connectivity index (χ2v) is 8.88. The maximum absolute atomic E-state index is 4.88. The summed E-state index contributed by atoms with van der Waals surface area (Å²) in [6.07, 6.45) is 0. The molecule has 0 nitrogen and oxygen atoms in total. The Hall–Kier alpha value is -1.72. The highest BCUT2D eigenvalue weighted by Crippen LogP contribution is 2.49. The van der Waals surface area contributed by atoms with Crippen LogP contribution in [-0.2, 0) is 5.41 Å². The van der Waals surface area contributed by atoms with Crippen LogP contribution in [0.5, 0.6) is 0 Å². The molecule has 0 radical (unpaired) electrons. The molecule has 144 valence electrons. The molecule has 0 aliphatic heterocycles. The molecule has 4 heteroatoms. The second kappa shape index (κ2) is 8.57. The molecule has 4 aromatic rings. The second-order valence-electron chi connectivity index (χ2n) is 6.88. The first-order valence-electron chi connectivity index (χ1n) is 9.19. The molecule has 0 unspecified atom stereocenters. The van der Waals surface area contributed by atoms with Crippen molar-refractivity contribution < 1.29 is 0 Å². The molecule has 0 aliphatic carbocycles. The van der Waals surface area contributed by atoms with E-state index in [4.69, 9.17) is 25.3 Å². The molecule has 29 heavy (non-hydrogen) atoms. The van der Waals surface area contributed by atoms with Crippen molar-refractivity contribution in [2.75, 3.05) is 0 Å². The molecule has 0 N–H and O–H groups in total. The van der Waals surface area contributed by atoms with Gasteiger partial charge in [0, 0.05) is 19.6 Å². The summed E-state index contributed by atoms with van der Waals surface area (Å²) in [6.45, 7) is 0. The van der Waals surface area contributed by atoms with Gasteiger partial charge in [0.05, 0.1) is 5.41 Å². The van der Waals surface area contributed by atoms with E-state index in [9.17, 15) is 0 Å². The van der Waals surface area contributed by atoms with Crippen LogP contribution in [0.1, 0.15) is 22.3 Å². The van der Waals surface area contributed by atoms with Crippen molar-refractivity contribution in [1.82, 2.24) is 0 Å². The standard InChI is InChI=1S/C25H20S4/c26-19-11-13-21(23(28)15-19)25(17-7-3-1-4-8-17,18-9-5-2-6-10-18)22-14-12-20(27)16-24(22)29/h1-16,26-29H. The van der Waals surface area contributed by atoms with E-state index in [1.165, 1.54) is 0 Å². The Bertz CT molecular complexity index is 1050. The van der Waals surface area contributed by atoms with E-state index in [2.05, 4.69) is 85.9 Å². The number of hydrogen-bond acceptors (Lipinski definition) is 4. The minimum Gasteiger partial charge on any atom is -0.143 e. The van der Waals surface area contributed by atoms with Crippen LogP contribution in [0.4, 0.5) is 0 Å². The summed E-state index contributed by atoms with van der Waals surface area (Å²) < 4.78 is 0. The van der Waals surface area contributed by atoms with E-state index >= 15 is 0 Å². The molecule has 4 rings (SSSR count). The molecule has 4 aromatic carbocycles. The van der Waals surface area contributed by atoms with Crippen LogP contribution in [0.15, 0.2) is 117 Å². The molecule has 0 aromatic heterocycles. The fourth-order valence-corrected chi connectivity index (χ4v) is 5.36. The molecular weight excluding hydrogens is 429 g/mol. The third-order valence-electron chi connectivity index (χ3n) is 5.18. The van der Waals surface area contributed by atoms with Gasteiger partial charge in [0.1, 0.15) is 0 Å².